The fourth-order valence-electron chi connectivity index (χ4n) is 3.49. The summed E-state index contributed by atoms with van der Waals surface area (Å²) >= 11 is 0. The second kappa shape index (κ2) is 8.13. The third kappa shape index (κ3) is 4.51. The summed E-state index contributed by atoms with van der Waals surface area (Å²) in [6.07, 6.45) is 3.41. The Kier molecular flexibility index (Phi) is 5.40. The van der Waals surface area contributed by atoms with Crippen LogP contribution in [0.1, 0.15) is 19.4 Å². The minimum Gasteiger partial charge on any atom is -0.372 e. The van der Waals surface area contributed by atoms with E-state index in [4.69, 9.17) is 4.74 Å². The molecule has 0 bridgehead atoms. The topological polar surface area (TPSA) is 63.2 Å². The number of rotatable bonds is 4. The van der Waals surface area contributed by atoms with Gasteiger partial charge in [-0.2, -0.15) is 9.37 Å². The second-order valence-electron chi connectivity index (χ2n) is 7.46. The molecule has 6 nitrogen and oxygen atoms in total. The molecule has 1 aromatic carbocycles. The summed E-state index contributed by atoms with van der Waals surface area (Å²) in [5.41, 5.74) is 3.25. The van der Waals surface area contributed by atoms with Crippen molar-refractivity contribution in [1.82, 2.24) is 15.0 Å². The number of aromatic nitrogens is 3. The second-order valence-corrected chi connectivity index (χ2v) is 7.46. The number of nitrogens with one attached hydrogen (secondary N) is 1. The first-order valence-corrected chi connectivity index (χ1v) is 9.71. The Morgan fingerprint density at radius 3 is 2.48 bits per heavy atom. The van der Waals surface area contributed by atoms with Gasteiger partial charge >= 0.3 is 0 Å². The fourth-order valence-corrected chi connectivity index (χ4v) is 3.49. The van der Waals surface area contributed by atoms with Crippen LogP contribution in [0.3, 0.4) is 0 Å². The molecule has 29 heavy (non-hydrogen) atoms. The molecule has 1 aliphatic rings. The van der Waals surface area contributed by atoms with E-state index in [2.05, 4.69) is 25.2 Å². The molecule has 0 aliphatic carbocycles. The van der Waals surface area contributed by atoms with E-state index < -0.39 is 5.95 Å². The molecule has 1 saturated heterocycles. The molecule has 3 heterocycles. The monoisotopic (exact) mass is 393 g/mol. The van der Waals surface area contributed by atoms with Crippen molar-refractivity contribution < 1.29 is 9.13 Å². The third-order valence-corrected chi connectivity index (χ3v) is 4.83. The lowest BCUT2D eigenvalue weighted by atomic mass is 10.1. The van der Waals surface area contributed by atoms with Crippen molar-refractivity contribution in [2.45, 2.75) is 33.0 Å². The first kappa shape index (κ1) is 19.3. The third-order valence-electron chi connectivity index (χ3n) is 4.83. The number of hydrogen-bond donors (Lipinski definition) is 1. The SMILES string of the molecule is Cc1ccc(-c2cnc(F)c(Nc3ccnc(N4C[C@@H](C)O[C@@H](C)C4)n3)c2)cc1. The average Bonchev–Trinajstić information content (AvgIpc) is 2.70. The highest BCUT2D eigenvalue weighted by atomic mass is 19.1. The van der Waals surface area contributed by atoms with Crippen LogP contribution in [-0.4, -0.2) is 40.2 Å². The molecule has 0 amide bonds. The molecule has 1 N–H and O–H groups in total. The molecule has 2 atom stereocenters. The number of halogens is 1. The Morgan fingerprint density at radius 2 is 1.76 bits per heavy atom. The first-order valence-electron chi connectivity index (χ1n) is 9.71. The van der Waals surface area contributed by atoms with Gasteiger partial charge in [-0.15, -0.1) is 0 Å². The van der Waals surface area contributed by atoms with Gasteiger partial charge in [0.25, 0.3) is 0 Å². The van der Waals surface area contributed by atoms with Gasteiger partial charge in [0.15, 0.2) is 0 Å². The maximum atomic E-state index is 14.3. The molecule has 4 rings (SSSR count). The molecular formula is C22H24FN5O. The van der Waals surface area contributed by atoms with E-state index in [-0.39, 0.29) is 17.9 Å². The van der Waals surface area contributed by atoms with Gasteiger partial charge in [0.2, 0.25) is 11.9 Å². The van der Waals surface area contributed by atoms with Gasteiger partial charge < -0.3 is 15.0 Å². The molecule has 0 radical (unpaired) electrons. The van der Waals surface area contributed by atoms with Crippen LogP contribution in [0.5, 0.6) is 0 Å². The molecule has 150 valence electrons. The van der Waals surface area contributed by atoms with Crippen LogP contribution in [0, 0.1) is 12.9 Å². The maximum Gasteiger partial charge on any atom is 0.236 e. The Labute approximate surface area is 169 Å². The van der Waals surface area contributed by atoms with Crippen molar-refractivity contribution in [2.75, 3.05) is 23.3 Å². The summed E-state index contributed by atoms with van der Waals surface area (Å²) in [7, 11) is 0. The molecule has 0 saturated carbocycles. The van der Waals surface area contributed by atoms with Gasteiger partial charge in [0.05, 0.1) is 17.9 Å². The maximum absolute atomic E-state index is 14.3. The fraction of sp³-hybridized carbons (Fsp3) is 0.318. The number of nitrogens with zero attached hydrogens (tertiary/aromatic N) is 4. The van der Waals surface area contributed by atoms with Crippen molar-refractivity contribution >= 4 is 17.5 Å². The number of benzene rings is 1. The summed E-state index contributed by atoms with van der Waals surface area (Å²) in [4.78, 5) is 14.9. The Hall–Kier alpha value is -3.06. The van der Waals surface area contributed by atoms with E-state index in [1.807, 2.05) is 45.0 Å². The van der Waals surface area contributed by atoms with E-state index in [0.717, 1.165) is 11.1 Å². The molecular weight excluding hydrogens is 369 g/mol. The van der Waals surface area contributed by atoms with Gasteiger partial charge in [0.1, 0.15) is 5.82 Å². The van der Waals surface area contributed by atoms with E-state index >= 15 is 0 Å². The molecule has 0 unspecified atom stereocenters. The van der Waals surface area contributed by atoms with Crippen molar-refractivity contribution in [1.29, 1.82) is 0 Å². The standard InChI is InChI=1S/C22H24FN5O/c1-14-4-6-17(7-5-14)18-10-19(21(23)25-11-18)26-20-8-9-24-22(27-20)28-12-15(2)29-16(3)13-28/h4-11,15-16H,12-13H2,1-3H3,(H,24,26,27)/t15-,16+. The predicted molar refractivity (Wildman–Crippen MR) is 112 cm³/mol. The zero-order chi connectivity index (χ0) is 20.4. The molecule has 3 aromatic rings. The largest absolute Gasteiger partial charge is 0.372 e. The minimum absolute atomic E-state index is 0.104. The van der Waals surface area contributed by atoms with Crippen molar-refractivity contribution in [2.24, 2.45) is 0 Å². The number of morpholine rings is 1. The van der Waals surface area contributed by atoms with E-state index in [0.29, 0.717) is 24.9 Å². The summed E-state index contributed by atoms with van der Waals surface area (Å²) in [6.45, 7) is 7.52. The van der Waals surface area contributed by atoms with Crippen LogP contribution < -0.4 is 10.2 Å². The number of pyridine rings is 1. The van der Waals surface area contributed by atoms with E-state index in [1.165, 1.54) is 11.8 Å². The number of aryl methyl sites for hydroxylation is 1. The van der Waals surface area contributed by atoms with Crippen molar-refractivity contribution in [3.05, 3.63) is 60.3 Å². The minimum atomic E-state index is -0.574. The Bertz CT molecular complexity index is 985. The van der Waals surface area contributed by atoms with Crippen LogP contribution in [0.25, 0.3) is 11.1 Å². The zero-order valence-electron chi connectivity index (χ0n) is 16.8. The molecule has 2 aromatic heterocycles. The highest BCUT2D eigenvalue weighted by Crippen LogP contribution is 2.26. The van der Waals surface area contributed by atoms with Gasteiger partial charge in [-0.3, -0.25) is 0 Å². The molecule has 1 fully saturated rings. The summed E-state index contributed by atoms with van der Waals surface area (Å²) in [6, 6.07) is 11.5. The van der Waals surface area contributed by atoms with Crippen molar-refractivity contribution in [3.63, 3.8) is 0 Å². The zero-order valence-corrected chi connectivity index (χ0v) is 16.8. The van der Waals surface area contributed by atoms with Gasteiger partial charge in [-0.25, -0.2) is 9.97 Å². The van der Waals surface area contributed by atoms with E-state index in [1.54, 1.807) is 18.3 Å². The van der Waals surface area contributed by atoms with Crippen LogP contribution >= 0.6 is 0 Å². The molecule has 1 aliphatic heterocycles. The van der Waals surface area contributed by atoms with E-state index in [9.17, 15) is 4.39 Å². The smallest absolute Gasteiger partial charge is 0.236 e. The van der Waals surface area contributed by atoms with Gasteiger partial charge in [0, 0.05) is 31.0 Å². The highest BCUT2D eigenvalue weighted by molar-refractivity contribution is 5.69. The Morgan fingerprint density at radius 1 is 1.03 bits per heavy atom. The van der Waals surface area contributed by atoms with Crippen LogP contribution in [0.15, 0.2) is 48.8 Å². The van der Waals surface area contributed by atoms with Gasteiger partial charge in [-0.05, 0) is 38.5 Å². The quantitative estimate of drug-likeness (QED) is 0.665. The average molecular weight is 393 g/mol. The first-order chi connectivity index (χ1) is 14.0. The Balaban J connectivity index is 1.58. The van der Waals surface area contributed by atoms with Crippen LogP contribution in [0.4, 0.5) is 21.8 Å². The normalized spacial score (nSPS) is 19.2. The van der Waals surface area contributed by atoms with Crippen LogP contribution in [0.2, 0.25) is 0 Å². The number of ether oxygens (including phenoxy) is 1. The molecule has 7 heteroatoms. The van der Waals surface area contributed by atoms with Crippen molar-refractivity contribution in [3.8, 4) is 11.1 Å². The summed E-state index contributed by atoms with van der Waals surface area (Å²) < 4.78 is 20.1. The lowest BCUT2D eigenvalue weighted by Crippen LogP contribution is -2.46. The van der Waals surface area contributed by atoms with Gasteiger partial charge in [-0.1, -0.05) is 29.8 Å². The summed E-state index contributed by atoms with van der Waals surface area (Å²) in [5, 5.41) is 3.05. The lowest BCUT2D eigenvalue weighted by Gasteiger charge is -2.35. The number of anilines is 3. The highest BCUT2D eigenvalue weighted by Gasteiger charge is 2.24. The predicted octanol–water partition coefficient (Wildman–Crippen LogP) is 4.34. The molecule has 0 spiro atoms. The lowest BCUT2D eigenvalue weighted by molar-refractivity contribution is -0.00571. The van der Waals surface area contributed by atoms with Crippen LogP contribution in [-0.2, 0) is 4.74 Å². The number of hydrogen-bond acceptors (Lipinski definition) is 6. The summed E-state index contributed by atoms with van der Waals surface area (Å²) in [5.74, 6) is 0.540.